The third-order valence-electron chi connectivity index (χ3n) is 3.77. The lowest BCUT2D eigenvalue weighted by Gasteiger charge is -2.05. The van der Waals surface area contributed by atoms with Crippen molar-refractivity contribution >= 4 is 33.1 Å². The molecule has 0 bridgehead atoms. The summed E-state index contributed by atoms with van der Waals surface area (Å²) in [6.45, 7) is 1.77. The van der Waals surface area contributed by atoms with Crippen LogP contribution in [0.3, 0.4) is 0 Å². The van der Waals surface area contributed by atoms with Gasteiger partial charge in [-0.2, -0.15) is 13.5 Å². The molecule has 27 heavy (non-hydrogen) atoms. The Bertz CT molecular complexity index is 1070. The number of hydrogen-bond acceptors (Lipinski definition) is 5. The minimum absolute atomic E-state index is 0.0317. The molecule has 0 saturated carbocycles. The molecule has 140 valence electrons. The predicted molar refractivity (Wildman–Crippen MR) is 105 cm³/mol. The number of nitrogens with one attached hydrogen (secondary N) is 2. The Labute approximate surface area is 157 Å². The maximum absolute atomic E-state index is 12.3. The van der Waals surface area contributed by atoms with Gasteiger partial charge in [-0.3, -0.25) is 4.79 Å². The van der Waals surface area contributed by atoms with Crippen molar-refractivity contribution in [1.82, 2.24) is 10.4 Å². The van der Waals surface area contributed by atoms with E-state index in [9.17, 15) is 13.2 Å². The zero-order chi connectivity index (χ0) is 19.3. The van der Waals surface area contributed by atoms with E-state index in [2.05, 4.69) is 15.5 Å². The minimum atomic E-state index is -3.56. The van der Waals surface area contributed by atoms with Crippen molar-refractivity contribution in [2.24, 2.45) is 5.10 Å². The molecule has 0 saturated heterocycles. The maximum Gasteiger partial charge on any atom is 0.309 e. The Morgan fingerprint density at radius 3 is 2.67 bits per heavy atom. The molecule has 0 aliphatic rings. The first-order valence-corrected chi connectivity index (χ1v) is 9.98. The number of fused-ring (bicyclic) bond motifs is 1. The molecule has 0 atom stereocenters. The van der Waals surface area contributed by atoms with Gasteiger partial charge in [0.05, 0.1) is 17.5 Å². The van der Waals surface area contributed by atoms with Crippen molar-refractivity contribution in [3.8, 4) is 5.75 Å². The maximum atomic E-state index is 12.3. The summed E-state index contributed by atoms with van der Waals surface area (Å²) in [4.78, 5) is 15.3. The number of nitrogens with zero attached hydrogens (tertiary/aromatic N) is 1. The first-order chi connectivity index (χ1) is 13.0. The molecule has 3 aromatic rings. The molecule has 0 aliphatic heterocycles. The Hall–Kier alpha value is -3.13. The summed E-state index contributed by atoms with van der Waals surface area (Å²) < 4.78 is 28.3. The summed E-state index contributed by atoms with van der Waals surface area (Å²) >= 11 is 0. The second kappa shape index (κ2) is 8.05. The Morgan fingerprint density at radius 1 is 1.19 bits per heavy atom. The number of para-hydroxylation sites is 1. The summed E-state index contributed by atoms with van der Waals surface area (Å²) in [7, 11) is -3.56. The molecule has 2 N–H and O–H groups in total. The molecule has 1 amide bonds. The minimum Gasteiger partial charge on any atom is -0.382 e. The van der Waals surface area contributed by atoms with Crippen molar-refractivity contribution in [3.05, 3.63) is 65.9 Å². The molecule has 0 spiro atoms. The lowest BCUT2D eigenvalue weighted by molar-refractivity contribution is 0.0957. The molecule has 8 heteroatoms. The van der Waals surface area contributed by atoms with E-state index in [1.165, 1.54) is 18.3 Å². The van der Waals surface area contributed by atoms with Crippen molar-refractivity contribution in [2.75, 3.05) is 5.75 Å². The van der Waals surface area contributed by atoms with Crippen molar-refractivity contribution in [3.63, 3.8) is 0 Å². The van der Waals surface area contributed by atoms with Gasteiger partial charge in [0.25, 0.3) is 5.91 Å². The highest BCUT2D eigenvalue weighted by atomic mass is 32.2. The smallest absolute Gasteiger partial charge is 0.309 e. The number of hydrazone groups is 1. The quantitative estimate of drug-likeness (QED) is 0.371. The number of benzene rings is 2. The van der Waals surface area contributed by atoms with Gasteiger partial charge in [-0.05, 0) is 42.3 Å². The molecule has 2 aromatic carbocycles. The lowest BCUT2D eigenvalue weighted by atomic mass is 10.2. The summed E-state index contributed by atoms with van der Waals surface area (Å²) in [6, 6.07) is 13.9. The van der Waals surface area contributed by atoms with Gasteiger partial charge in [0, 0.05) is 17.1 Å². The van der Waals surface area contributed by atoms with Crippen LogP contribution < -0.4 is 9.61 Å². The number of aromatic nitrogens is 1. The second-order valence-corrected chi connectivity index (χ2v) is 7.55. The van der Waals surface area contributed by atoms with Crippen LogP contribution in [0.2, 0.25) is 0 Å². The Morgan fingerprint density at radius 2 is 1.93 bits per heavy atom. The van der Waals surface area contributed by atoms with E-state index in [0.29, 0.717) is 17.5 Å². The molecule has 1 aromatic heterocycles. The van der Waals surface area contributed by atoms with Gasteiger partial charge in [-0.1, -0.05) is 25.1 Å². The number of amides is 1. The molecule has 0 aliphatic carbocycles. The fourth-order valence-corrected chi connectivity index (χ4v) is 3.52. The van der Waals surface area contributed by atoms with Gasteiger partial charge < -0.3 is 9.17 Å². The molecule has 1 heterocycles. The van der Waals surface area contributed by atoms with Crippen LogP contribution in [0.4, 0.5) is 0 Å². The van der Waals surface area contributed by atoms with Crippen LogP contribution >= 0.6 is 0 Å². The van der Waals surface area contributed by atoms with E-state index >= 15 is 0 Å². The molecular weight excluding hydrogens is 366 g/mol. The normalized spacial score (nSPS) is 11.7. The molecule has 0 radical (unpaired) electrons. The fourth-order valence-electron chi connectivity index (χ4n) is 2.53. The van der Waals surface area contributed by atoms with E-state index in [1.54, 1.807) is 25.3 Å². The molecule has 0 unspecified atom stereocenters. The SMILES string of the molecule is CCCS(=O)(=O)Oc1ccc(/C=N/NC(=O)c2c[nH]c3ccccc23)cc1. The van der Waals surface area contributed by atoms with Gasteiger partial charge >= 0.3 is 10.1 Å². The monoisotopic (exact) mass is 385 g/mol. The Balaban J connectivity index is 1.62. The topological polar surface area (TPSA) is 101 Å². The number of H-pyrrole nitrogens is 1. The summed E-state index contributed by atoms with van der Waals surface area (Å²) in [5.41, 5.74) is 4.55. The van der Waals surface area contributed by atoms with Crippen LogP contribution in [-0.2, 0) is 10.1 Å². The number of rotatable bonds is 7. The van der Waals surface area contributed by atoms with E-state index in [-0.39, 0.29) is 17.4 Å². The van der Waals surface area contributed by atoms with Gasteiger partial charge in [-0.25, -0.2) is 5.43 Å². The molecular formula is C19H19N3O4S. The van der Waals surface area contributed by atoms with Gasteiger partial charge in [0.1, 0.15) is 5.75 Å². The fraction of sp³-hybridized carbons (Fsp3) is 0.158. The van der Waals surface area contributed by atoms with Crippen LogP contribution in [-0.4, -0.2) is 31.3 Å². The highest BCUT2D eigenvalue weighted by molar-refractivity contribution is 7.87. The highest BCUT2D eigenvalue weighted by Gasteiger charge is 2.11. The molecule has 3 rings (SSSR count). The van der Waals surface area contributed by atoms with Crippen LogP contribution in [0.15, 0.2) is 59.8 Å². The van der Waals surface area contributed by atoms with Crippen LogP contribution in [0.1, 0.15) is 29.3 Å². The van der Waals surface area contributed by atoms with Crippen molar-refractivity contribution in [1.29, 1.82) is 0 Å². The van der Waals surface area contributed by atoms with Crippen LogP contribution in [0.25, 0.3) is 10.9 Å². The van der Waals surface area contributed by atoms with Crippen molar-refractivity contribution in [2.45, 2.75) is 13.3 Å². The van der Waals surface area contributed by atoms with E-state index in [4.69, 9.17) is 4.18 Å². The standard InChI is InChI=1S/C19H19N3O4S/c1-2-11-27(24,25)26-15-9-7-14(8-10-15)12-21-22-19(23)17-13-20-18-6-4-3-5-16(17)18/h3-10,12-13,20H,2,11H2,1H3,(H,22,23)/b21-12+. The second-order valence-electron chi connectivity index (χ2n) is 5.86. The average molecular weight is 385 g/mol. The first kappa shape index (κ1) is 18.7. The Kier molecular flexibility index (Phi) is 5.56. The number of hydrogen-bond donors (Lipinski definition) is 2. The predicted octanol–water partition coefficient (Wildman–Crippen LogP) is 3.05. The van der Waals surface area contributed by atoms with E-state index < -0.39 is 10.1 Å². The first-order valence-electron chi connectivity index (χ1n) is 8.40. The average Bonchev–Trinajstić information content (AvgIpc) is 3.07. The van der Waals surface area contributed by atoms with Crippen LogP contribution in [0, 0.1) is 0 Å². The van der Waals surface area contributed by atoms with Crippen LogP contribution in [0.5, 0.6) is 5.75 Å². The third-order valence-corrected chi connectivity index (χ3v) is 5.13. The summed E-state index contributed by atoms with van der Waals surface area (Å²) in [5.74, 6) is -0.117. The number of carbonyl (C=O) groups excluding carboxylic acids is 1. The molecule has 7 nitrogen and oxygen atoms in total. The van der Waals surface area contributed by atoms with E-state index in [1.807, 2.05) is 24.3 Å². The summed E-state index contributed by atoms with van der Waals surface area (Å²) in [6.07, 6.45) is 3.60. The van der Waals surface area contributed by atoms with Gasteiger partial charge in [-0.15, -0.1) is 0 Å². The van der Waals surface area contributed by atoms with Crippen molar-refractivity contribution < 1.29 is 17.4 Å². The van der Waals surface area contributed by atoms with Gasteiger partial charge in [0.2, 0.25) is 0 Å². The largest absolute Gasteiger partial charge is 0.382 e. The zero-order valence-corrected chi connectivity index (χ0v) is 15.5. The zero-order valence-electron chi connectivity index (χ0n) is 14.7. The number of aromatic amines is 1. The molecule has 0 fully saturated rings. The lowest BCUT2D eigenvalue weighted by Crippen LogP contribution is -2.17. The van der Waals surface area contributed by atoms with Gasteiger partial charge in [0.15, 0.2) is 0 Å². The summed E-state index contributed by atoms with van der Waals surface area (Å²) in [5, 5.41) is 4.76. The number of carbonyl (C=O) groups is 1. The third kappa shape index (κ3) is 4.73. The van der Waals surface area contributed by atoms with E-state index in [0.717, 1.165) is 10.9 Å². The highest BCUT2D eigenvalue weighted by Crippen LogP contribution is 2.17.